The van der Waals surface area contributed by atoms with Gasteiger partial charge in [-0.2, -0.15) is 13.2 Å². The van der Waals surface area contributed by atoms with E-state index in [-0.39, 0.29) is 42.0 Å². The number of nitrogens with zero attached hydrogens (tertiary/aromatic N) is 5. The van der Waals surface area contributed by atoms with Crippen LogP contribution in [0.3, 0.4) is 0 Å². The molecule has 4 heterocycles. The number of sulfonamides is 1. The summed E-state index contributed by atoms with van der Waals surface area (Å²) < 4.78 is 115. The molecule has 4 aromatic carbocycles. The van der Waals surface area contributed by atoms with Crippen LogP contribution in [-0.2, 0) is 36.0 Å². The molecule has 0 bridgehead atoms. The van der Waals surface area contributed by atoms with Gasteiger partial charge in [-0.05, 0) is 115 Å². The average molecular weight is 1210 g/mol. The van der Waals surface area contributed by atoms with Gasteiger partial charge in [0.1, 0.15) is 16.8 Å². The number of hydrogen-bond acceptors (Lipinski definition) is 15. The smallest absolute Gasteiger partial charge is 0.380 e. The highest BCUT2D eigenvalue weighted by atomic mass is 35.5. The Labute approximate surface area is 485 Å². The van der Waals surface area contributed by atoms with Crippen LogP contribution in [0, 0.1) is 11.2 Å². The molecule has 24 heteroatoms. The molecule has 9 rings (SSSR count). The monoisotopic (exact) mass is 1210 g/mol. The van der Waals surface area contributed by atoms with E-state index in [9.17, 15) is 44.4 Å². The predicted molar refractivity (Wildman–Crippen MR) is 310 cm³/mol. The van der Waals surface area contributed by atoms with Crippen LogP contribution < -0.4 is 25.6 Å². The van der Waals surface area contributed by atoms with Gasteiger partial charge in [0, 0.05) is 117 Å². The van der Waals surface area contributed by atoms with Crippen LogP contribution in [0.2, 0.25) is 5.02 Å². The van der Waals surface area contributed by atoms with Crippen LogP contribution >= 0.6 is 23.4 Å². The van der Waals surface area contributed by atoms with Gasteiger partial charge in [0.05, 0.1) is 28.7 Å². The van der Waals surface area contributed by atoms with Crippen molar-refractivity contribution in [2.24, 2.45) is 5.41 Å². The summed E-state index contributed by atoms with van der Waals surface area (Å²) in [5.74, 6) is -2.23. The number of rotatable bonds is 20. The first kappa shape index (κ1) is 60.5. The highest BCUT2D eigenvalue weighted by Gasteiger charge is 2.48. The van der Waals surface area contributed by atoms with E-state index in [1.165, 1.54) is 46.8 Å². The first-order chi connectivity index (χ1) is 39.0. The van der Waals surface area contributed by atoms with E-state index in [2.05, 4.69) is 61.6 Å². The molecule has 2 atom stereocenters. The summed E-state index contributed by atoms with van der Waals surface area (Å²) in [6, 6.07) is 24.5. The number of aromatic nitrogens is 1. The highest BCUT2D eigenvalue weighted by Crippen LogP contribution is 2.43. The Balaban J connectivity index is 0.837. The van der Waals surface area contributed by atoms with Gasteiger partial charge in [0.25, 0.3) is 25.8 Å². The molecule has 3 fully saturated rings. The Morgan fingerprint density at radius 1 is 0.829 bits per heavy atom. The summed E-state index contributed by atoms with van der Waals surface area (Å²) in [7, 11) is -11.1. The Kier molecular flexibility index (Phi) is 19.1. The number of thioether (sulfide) groups is 1. The number of hydrogen-bond donors (Lipinski definition) is 4. The standard InChI is InChI=1S/C58H66ClF4N9O7S3/c1-57(2)22-20-47(39-8-12-42(59)13-9-39)41(33-57)36-70-28-30-72(31-29-70)44-14-10-40(11-15-44)55(74)68-82(78,79)46-16-17-50(53(32-46)81(76,77)58(61,62)63)65-43(38-80-45-6-4-3-5-7-45)21-23-69-24-26-71(27-25-69)37-48-49(60)34-64-35-52(48)66-51-18-19-54(73)67-56(51)75/h3-17,32,34-35,43,51,65-66H,18-31,33,36-38H2,1-2H3,(H,68,74)(H,67,73,75)/t43-,51?/m1/s1. The first-order valence-electron chi connectivity index (χ1n) is 27.2. The third-order valence-corrected chi connectivity index (χ3v) is 19.8. The number of carbonyl (C=O) groups excluding carboxylic acids is 3. The zero-order valence-corrected chi connectivity index (χ0v) is 48.7. The number of pyridine rings is 1. The Morgan fingerprint density at radius 3 is 2.18 bits per heavy atom. The van der Waals surface area contributed by atoms with Crippen LogP contribution in [0.15, 0.2) is 130 Å². The van der Waals surface area contributed by atoms with Crippen molar-refractivity contribution in [2.75, 3.05) is 86.7 Å². The van der Waals surface area contributed by atoms with Gasteiger partial charge in [-0.25, -0.2) is 25.9 Å². The van der Waals surface area contributed by atoms with Gasteiger partial charge in [-0.1, -0.05) is 61.4 Å². The van der Waals surface area contributed by atoms with E-state index in [1.54, 1.807) is 12.1 Å². The largest absolute Gasteiger partial charge is 0.501 e. The molecule has 1 aromatic heterocycles. The van der Waals surface area contributed by atoms with Gasteiger partial charge in [0.2, 0.25) is 11.8 Å². The first-order valence-corrected chi connectivity index (χ1v) is 31.5. The molecule has 0 saturated carbocycles. The van der Waals surface area contributed by atoms with Gasteiger partial charge >= 0.3 is 5.51 Å². The summed E-state index contributed by atoms with van der Waals surface area (Å²) >= 11 is 7.60. The van der Waals surface area contributed by atoms with Crippen LogP contribution in [0.5, 0.6) is 0 Å². The van der Waals surface area contributed by atoms with E-state index < -0.39 is 70.6 Å². The van der Waals surface area contributed by atoms with Crippen molar-refractivity contribution >= 4 is 83.6 Å². The second-order valence-corrected chi connectivity index (χ2v) is 27.1. The summed E-state index contributed by atoms with van der Waals surface area (Å²) in [6.45, 7) is 11.2. The number of sulfone groups is 1. The summed E-state index contributed by atoms with van der Waals surface area (Å²) in [6.07, 6.45) is 6.33. The van der Waals surface area contributed by atoms with Crippen LogP contribution in [0.1, 0.15) is 73.9 Å². The lowest BCUT2D eigenvalue weighted by molar-refractivity contribution is -0.133. The fourth-order valence-corrected chi connectivity index (χ4v) is 14.0. The normalized spacial score (nSPS) is 19.2. The van der Waals surface area contributed by atoms with E-state index >= 15 is 4.39 Å². The number of nitrogens with one attached hydrogen (secondary N) is 4. The lowest BCUT2D eigenvalue weighted by Gasteiger charge is -2.39. The molecule has 82 heavy (non-hydrogen) atoms. The number of alkyl halides is 3. The van der Waals surface area contributed by atoms with E-state index in [0.29, 0.717) is 74.6 Å². The second-order valence-electron chi connectivity index (χ2n) is 21.9. The maximum Gasteiger partial charge on any atom is 0.501 e. The maximum absolute atomic E-state index is 15.3. The van der Waals surface area contributed by atoms with E-state index in [0.717, 1.165) is 67.8 Å². The number of anilines is 3. The van der Waals surface area contributed by atoms with Gasteiger partial charge in [-0.15, -0.1) is 11.8 Å². The van der Waals surface area contributed by atoms with Crippen LogP contribution in [0.25, 0.3) is 5.57 Å². The molecular weight excluding hydrogens is 1140 g/mol. The second kappa shape index (κ2) is 25.8. The van der Waals surface area contributed by atoms with Crippen molar-refractivity contribution in [3.05, 3.63) is 143 Å². The van der Waals surface area contributed by atoms with Crippen molar-refractivity contribution in [1.29, 1.82) is 0 Å². The molecule has 438 valence electrons. The molecule has 4 aliphatic rings. The van der Waals surface area contributed by atoms with Gasteiger partial charge in [-0.3, -0.25) is 34.5 Å². The van der Waals surface area contributed by atoms with Crippen molar-refractivity contribution in [2.45, 2.75) is 91.2 Å². The van der Waals surface area contributed by atoms with Crippen molar-refractivity contribution in [3.63, 3.8) is 0 Å². The highest BCUT2D eigenvalue weighted by molar-refractivity contribution is 7.99. The Bertz CT molecular complexity index is 3380. The Hall–Kier alpha value is -6.08. The summed E-state index contributed by atoms with van der Waals surface area (Å²) in [5, 5.41) is 9.03. The summed E-state index contributed by atoms with van der Waals surface area (Å²) in [4.78, 5) is 49.1. The lowest BCUT2D eigenvalue weighted by Crippen LogP contribution is -2.48. The predicted octanol–water partition coefficient (Wildman–Crippen LogP) is 9.07. The maximum atomic E-state index is 15.3. The number of amides is 3. The number of halogens is 5. The van der Waals surface area contributed by atoms with E-state index in [1.807, 2.05) is 52.1 Å². The minimum Gasteiger partial charge on any atom is -0.380 e. The zero-order chi connectivity index (χ0) is 58.4. The van der Waals surface area contributed by atoms with Gasteiger partial charge in [0.15, 0.2) is 0 Å². The number of carbonyl (C=O) groups is 3. The number of allylic oxidation sites excluding steroid dienone is 1. The fraction of sp³-hybridized carbons (Fsp3) is 0.414. The SMILES string of the molecule is CC1(C)CCC(c2ccc(Cl)cc2)=C(CN2CCN(c3ccc(C(=O)NS(=O)(=O)c4ccc(N[C@H](CCN5CCN(Cc6c(F)cncc6NC6CCC(=O)NC6=O)CC5)CSc5ccccc5)c(S(=O)(=O)C(F)(F)F)c4)cc3)CC2)C1. The molecule has 5 aromatic rings. The van der Waals surface area contributed by atoms with Crippen LogP contribution in [-0.4, -0.2) is 143 Å². The fourth-order valence-electron chi connectivity index (χ4n) is 10.8. The zero-order valence-electron chi connectivity index (χ0n) is 45.5. The number of imide groups is 1. The third kappa shape index (κ3) is 15.2. The minimum atomic E-state index is -6.16. The molecule has 0 spiro atoms. The topological polar surface area (TPSA) is 193 Å². The van der Waals surface area contributed by atoms with Gasteiger partial charge < -0.3 is 20.4 Å². The molecule has 1 unspecified atom stereocenters. The van der Waals surface area contributed by atoms with E-state index in [4.69, 9.17) is 11.6 Å². The number of benzene rings is 4. The van der Waals surface area contributed by atoms with Crippen molar-refractivity contribution in [3.8, 4) is 0 Å². The lowest BCUT2D eigenvalue weighted by atomic mass is 9.73. The Morgan fingerprint density at radius 2 is 1.50 bits per heavy atom. The molecule has 0 radical (unpaired) electrons. The number of piperidine rings is 1. The molecule has 1 aliphatic carbocycles. The average Bonchev–Trinajstić information content (AvgIpc) is 2.90. The molecule has 3 saturated heterocycles. The molecule has 4 N–H and O–H groups in total. The van der Waals surface area contributed by atoms with Crippen molar-refractivity contribution < 1.29 is 48.8 Å². The molecule has 16 nitrogen and oxygen atoms in total. The molecule has 3 amide bonds. The van der Waals surface area contributed by atoms with Crippen LogP contribution in [0.4, 0.5) is 34.6 Å². The van der Waals surface area contributed by atoms with Crippen molar-refractivity contribution in [1.82, 2.24) is 29.7 Å². The molecular formula is C58H66ClF4N9O7S3. The number of piperazine rings is 2. The summed E-state index contributed by atoms with van der Waals surface area (Å²) in [5.41, 5.74) is -0.651. The third-order valence-electron chi connectivity index (χ3n) is 15.5. The molecule has 3 aliphatic heterocycles. The minimum absolute atomic E-state index is 0.0368. The quantitative estimate of drug-likeness (QED) is 0.0327.